The van der Waals surface area contributed by atoms with Crippen LogP contribution in [0.3, 0.4) is 0 Å². The largest absolute Gasteiger partial charge is 0.391 e. The van der Waals surface area contributed by atoms with Crippen LogP contribution in [0, 0.1) is 0 Å². The number of fused-ring (bicyclic) bond motifs is 1. The second-order valence-electron chi connectivity index (χ2n) is 4.27. The molecule has 0 spiro atoms. The summed E-state index contributed by atoms with van der Waals surface area (Å²) < 4.78 is 0. The molecular weight excluding hydrogens is 220 g/mol. The fraction of sp³-hybridized carbons (Fsp3) is 0.636. The molecule has 1 aromatic heterocycles. The average molecular weight is 238 g/mol. The number of nitrogens with one attached hydrogen (secondary N) is 3. The van der Waals surface area contributed by atoms with E-state index in [1.807, 2.05) is 6.92 Å². The van der Waals surface area contributed by atoms with Crippen molar-refractivity contribution in [3.05, 3.63) is 17.7 Å². The lowest BCUT2D eigenvalue weighted by molar-refractivity contribution is -0.123. The van der Waals surface area contributed by atoms with Crippen molar-refractivity contribution in [3.8, 4) is 0 Å². The van der Waals surface area contributed by atoms with Crippen LogP contribution in [0.5, 0.6) is 0 Å². The highest BCUT2D eigenvalue weighted by molar-refractivity contribution is 5.82. The van der Waals surface area contributed by atoms with Crippen molar-refractivity contribution in [2.45, 2.75) is 38.5 Å². The number of hydrogen-bond acceptors (Lipinski definition) is 4. The number of aromatic nitrogens is 2. The third-order valence-electron chi connectivity index (χ3n) is 3.03. The van der Waals surface area contributed by atoms with E-state index in [1.165, 1.54) is 0 Å². The van der Waals surface area contributed by atoms with E-state index in [4.69, 9.17) is 0 Å². The maximum absolute atomic E-state index is 11.8. The van der Waals surface area contributed by atoms with Crippen molar-refractivity contribution in [2.75, 3.05) is 6.54 Å². The van der Waals surface area contributed by atoms with Crippen LogP contribution < -0.4 is 10.6 Å². The van der Waals surface area contributed by atoms with Crippen LogP contribution in [0.2, 0.25) is 0 Å². The number of carbonyl (C=O) groups is 1. The molecule has 2 heterocycles. The van der Waals surface area contributed by atoms with Crippen LogP contribution in [-0.2, 0) is 17.8 Å². The topological polar surface area (TPSA) is 90.0 Å². The Bertz CT molecular complexity index is 391. The third-order valence-corrected chi connectivity index (χ3v) is 3.03. The second kappa shape index (κ2) is 5.29. The van der Waals surface area contributed by atoms with E-state index < -0.39 is 6.10 Å². The minimum atomic E-state index is -0.469. The van der Waals surface area contributed by atoms with Gasteiger partial charge in [0.2, 0.25) is 5.91 Å². The third kappa shape index (κ3) is 2.83. The average Bonchev–Trinajstić information content (AvgIpc) is 2.82. The Morgan fingerprint density at radius 1 is 1.76 bits per heavy atom. The molecule has 0 radical (unpaired) electrons. The summed E-state index contributed by atoms with van der Waals surface area (Å²) in [5, 5.41) is 15.3. The van der Waals surface area contributed by atoms with Gasteiger partial charge in [0.05, 0.1) is 29.9 Å². The van der Waals surface area contributed by atoms with Crippen molar-refractivity contribution < 1.29 is 9.90 Å². The Hall–Kier alpha value is -1.40. The highest BCUT2D eigenvalue weighted by Crippen LogP contribution is 2.11. The van der Waals surface area contributed by atoms with Gasteiger partial charge in [-0.1, -0.05) is 6.92 Å². The molecule has 0 aliphatic carbocycles. The molecule has 0 fully saturated rings. The first kappa shape index (κ1) is 12.1. The molecule has 1 aliphatic rings. The fourth-order valence-electron chi connectivity index (χ4n) is 1.84. The summed E-state index contributed by atoms with van der Waals surface area (Å²) in [6, 6.07) is -0.255. The SMILES string of the molecule is CCC(O)CNC(=O)C1Cc2nc[nH]c2CN1. The number of rotatable bonds is 4. The van der Waals surface area contributed by atoms with Crippen molar-refractivity contribution in [3.63, 3.8) is 0 Å². The Morgan fingerprint density at radius 3 is 3.35 bits per heavy atom. The van der Waals surface area contributed by atoms with Gasteiger partial charge in [-0.25, -0.2) is 4.98 Å². The molecule has 0 aromatic carbocycles. The first-order valence-corrected chi connectivity index (χ1v) is 5.91. The van der Waals surface area contributed by atoms with Gasteiger partial charge in [0.1, 0.15) is 0 Å². The van der Waals surface area contributed by atoms with Crippen molar-refractivity contribution in [2.24, 2.45) is 0 Å². The quantitative estimate of drug-likeness (QED) is 0.559. The van der Waals surface area contributed by atoms with Crippen LogP contribution >= 0.6 is 0 Å². The lowest BCUT2D eigenvalue weighted by Crippen LogP contribution is -2.49. The van der Waals surface area contributed by atoms with E-state index in [0.717, 1.165) is 11.4 Å². The molecule has 94 valence electrons. The molecule has 0 saturated heterocycles. The summed E-state index contributed by atoms with van der Waals surface area (Å²) in [7, 11) is 0. The predicted molar refractivity (Wildman–Crippen MR) is 62.2 cm³/mol. The number of aromatic amines is 1. The summed E-state index contributed by atoms with van der Waals surface area (Å²) in [6.07, 6.45) is 2.41. The first-order valence-electron chi connectivity index (χ1n) is 5.91. The molecule has 1 aliphatic heterocycles. The van der Waals surface area contributed by atoms with Crippen LogP contribution in [-0.4, -0.2) is 39.7 Å². The number of hydrogen-bond donors (Lipinski definition) is 4. The number of H-pyrrole nitrogens is 1. The molecule has 17 heavy (non-hydrogen) atoms. The maximum atomic E-state index is 11.8. The standard InChI is InChI=1S/C11H18N4O2/c1-2-7(16)4-13-11(17)9-3-8-10(5-12-9)15-6-14-8/h6-7,9,12,16H,2-5H2,1H3,(H,13,17)(H,14,15). The van der Waals surface area contributed by atoms with Gasteiger partial charge in [-0.2, -0.15) is 0 Å². The summed E-state index contributed by atoms with van der Waals surface area (Å²) in [5.74, 6) is -0.0776. The van der Waals surface area contributed by atoms with Crippen molar-refractivity contribution in [1.82, 2.24) is 20.6 Å². The van der Waals surface area contributed by atoms with Crippen LogP contribution in [0.15, 0.2) is 6.33 Å². The number of carbonyl (C=O) groups excluding carboxylic acids is 1. The highest BCUT2D eigenvalue weighted by atomic mass is 16.3. The molecular formula is C11H18N4O2. The second-order valence-corrected chi connectivity index (χ2v) is 4.27. The van der Waals surface area contributed by atoms with E-state index in [1.54, 1.807) is 6.33 Å². The summed E-state index contributed by atoms with van der Waals surface area (Å²) in [6.45, 7) is 2.82. The number of amides is 1. The number of aliphatic hydroxyl groups excluding tert-OH is 1. The molecule has 6 nitrogen and oxygen atoms in total. The molecule has 2 rings (SSSR count). The van der Waals surface area contributed by atoms with Gasteiger partial charge >= 0.3 is 0 Å². The molecule has 2 atom stereocenters. The zero-order chi connectivity index (χ0) is 12.3. The maximum Gasteiger partial charge on any atom is 0.237 e. The number of aliphatic hydroxyl groups is 1. The van der Waals surface area contributed by atoms with Crippen LogP contribution in [0.1, 0.15) is 24.7 Å². The monoisotopic (exact) mass is 238 g/mol. The van der Waals surface area contributed by atoms with E-state index in [0.29, 0.717) is 25.9 Å². The Morgan fingerprint density at radius 2 is 2.59 bits per heavy atom. The van der Waals surface area contributed by atoms with Gasteiger partial charge in [-0.05, 0) is 6.42 Å². The molecule has 4 N–H and O–H groups in total. The summed E-state index contributed by atoms with van der Waals surface area (Å²) >= 11 is 0. The van der Waals surface area contributed by atoms with Gasteiger partial charge in [0, 0.05) is 19.5 Å². The molecule has 0 saturated carbocycles. The van der Waals surface area contributed by atoms with Gasteiger partial charge < -0.3 is 15.4 Å². The van der Waals surface area contributed by atoms with Gasteiger partial charge in [-0.3, -0.25) is 10.1 Å². The molecule has 2 unspecified atom stereocenters. The van der Waals surface area contributed by atoms with Gasteiger partial charge in [-0.15, -0.1) is 0 Å². The Kier molecular flexibility index (Phi) is 3.75. The van der Waals surface area contributed by atoms with Crippen molar-refractivity contribution >= 4 is 5.91 Å². The zero-order valence-electron chi connectivity index (χ0n) is 9.86. The van der Waals surface area contributed by atoms with Gasteiger partial charge in [0.15, 0.2) is 0 Å². The van der Waals surface area contributed by atoms with Gasteiger partial charge in [0.25, 0.3) is 0 Å². The zero-order valence-corrected chi connectivity index (χ0v) is 9.86. The molecule has 6 heteroatoms. The lowest BCUT2D eigenvalue weighted by Gasteiger charge is -2.22. The minimum Gasteiger partial charge on any atom is -0.391 e. The molecule has 1 aromatic rings. The smallest absolute Gasteiger partial charge is 0.237 e. The van der Waals surface area contributed by atoms with E-state index in [9.17, 15) is 9.90 Å². The predicted octanol–water partition coefficient (Wildman–Crippen LogP) is -0.689. The Labute approximate surface area is 99.8 Å². The summed E-state index contributed by atoms with van der Waals surface area (Å²) in [4.78, 5) is 19.0. The normalized spacial score (nSPS) is 20.7. The van der Waals surface area contributed by atoms with E-state index in [2.05, 4.69) is 20.6 Å². The summed E-state index contributed by atoms with van der Waals surface area (Å²) in [5.41, 5.74) is 1.99. The van der Waals surface area contributed by atoms with Crippen molar-refractivity contribution in [1.29, 1.82) is 0 Å². The highest BCUT2D eigenvalue weighted by Gasteiger charge is 2.25. The van der Waals surface area contributed by atoms with E-state index >= 15 is 0 Å². The number of imidazole rings is 1. The van der Waals surface area contributed by atoms with Crippen LogP contribution in [0.25, 0.3) is 0 Å². The first-order chi connectivity index (χ1) is 8.20. The number of nitrogens with zero attached hydrogens (tertiary/aromatic N) is 1. The van der Waals surface area contributed by atoms with Crippen LogP contribution in [0.4, 0.5) is 0 Å². The minimum absolute atomic E-state index is 0.0776. The molecule has 0 bridgehead atoms. The lowest BCUT2D eigenvalue weighted by atomic mass is 10.0. The fourth-order valence-corrected chi connectivity index (χ4v) is 1.84. The van der Waals surface area contributed by atoms with E-state index in [-0.39, 0.29) is 11.9 Å². The Balaban J connectivity index is 1.86. The molecule has 1 amide bonds.